The van der Waals surface area contributed by atoms with Gasteiger partial charge in [0.25, 0.3) is 11.1 Å². The second-order valence-electron chi connectivity index (χ2n) is 8.35. The Morgan fingerprint density at radius 2 is 1.70 bits per heavy atom. The minimum Gasteiger partial charge on any atom is -0.493 e. The third kappa shape index (κ3) is 5.47. The molecule has 8 heteroatoms. The van der Waals surface area contributed by atoms with E-state index in [1.165, 1.54) is 4.90 Å². The van der Waals surface area contributed by atoms with Gasteiger partial charge in [0.1, 0.15) is 6.61 Å². The van der Waals surface area contributed by atoms with E-state index in [-0.39, 0.29) is 17.7 Å². The normalized spacial score (nSPS) is 14.6. The lowest BCUT2D eigenvalue weighted by Crippen LogP contribution is -2.27. The summed E-state index contributed by atoms with van der Waals surface area (Å²) in [5.74, 6) is 0.749. The number of halogens is 2. The average Bonchev–Trinajstić information content (AvgIpc) is 3.16. The molecule has 0 aromatic heterocycles. The van der Waals surface area contributed by atoms with Crippen LogP contribution in [0.1, 0.15) is 16.7 Å². The molecule has 2 amide bonds. The summed E-state index contributed by atoms with van der Waals surface area (Å²) in [6.45, 7) is 0.461. The fourth-order valence-corrected chi connectivity index (χ4v) is 5.24. The first-order valence-corrected chi connectivity index (χ1v) is 13.0. The molecule has 1 aliphatic heterocycles. The first kappa shape index (κ1) is 25.2. The second kappa shape index (κ2) is 10.9. The van der Waals surface area contributed by atoms with Crippen molar-refractivity contribution in [2.45, 2.75) is 13.2 Å². The summed E-state index contributed by atoms with van der Waals surface area (Å²) in [6.07, 6.45) is 1.68. The van der Waals surface area contributed by atoms with Crippen molar-refractivity contribution in [1.82, 2.24) is 4.90 Å². The van der Waals surface area contributed by atoms with Crippen LogP contribution in [0.15, 0.2) is 83.8 Å². The predicted octanol–water partition coefficient (Wildman–Crippen LogP) is 7.97. The maximum Gasteiger partial charge on any atom is 0.293 e. The number of carbonyl (C=O) groups is 2. The van der Waals surface area contributed by atoms with Crippen LogP contribution in [0.25, 0.3) is 16.8 Å². The van der Waals surface area contributed by atoms with Gasteiger partial charge in [-0.05, 0) is 69.6 Å². The fourth-order valence-electron chi connectivity index (χ4n) is 4.08. The van der Waals surface area contributed by atoms with Gasteiger partial charge in [-0.25, -0.2) is 0 Å². The molecule has 0 unspecified atom stereocenters. The standard InChI is InChI=1S/C29H21Cl2NO4S/c1-35-25-12-10-18(14-26(25)36-17-21-7-4-6-20-5-2-3-8-22(20)21)15-27-28(33)32(29(34)37-27)16-19-9-11-23(30)24(31)13-19/h2-15H,16-17H2,1H3/b27-15-. The van der Waals surface area contributed by atoms with Crippen molar-refractivity contribution in [1.29, 1.82) is 0 Å². The molecule has 5 rings (SSSR count). The van der Waals surface area contributed by atoms with Crippen LogP contribution in [0.4, 0.5) is 4.79 Å². The number of amides is 2. The first-order valence-electron chi connectivity index (χ1n) is 11.4. The number of thioether (sulfide) groups is 1. The van der Waals surface area contributed by atoms with E-state index < -0.39 is 0 Å². The molecule has 0 saturated carbocycles. The van der Waals surface area contributed by atoms with Gasteiger partial charge in [0.15, 0.2) is 11.5 Å². The van der Waals surface area contributed by atoms with E-state index >= 15 is 0 Å². The van der Waals surface area contributed by atoms with Crippen LogP contribution in [0, 0.1) is 0 Å². The molecule has 0 atom stereocenters. The number of methoxy groups -OCH3 is 1. The molecule has 0 spiro atoms. The van der Waals surface area contributed by atoms with Crippen LogP contribution in [-0.4, -0.2) is 23.2 Å². The quantitative estimate of drug-likeness (QED) is 0.219. The Kier molecular flexibility index (Phi) is 7.42. The Morgan fingerprint density at radius 3 is 2.51 bits per heavy atom. The van der Waals surface area contributed by atoms with Gasteiger partial charge >= 0.3 is 0 Å². The minimum atomic E-state index is -0.366. The molecule has 1 aliphatic rings. The summed E-state index contributed by atoms with van der Waals surface area (Å²) in [5, 5.41) is 2.70. The molecule has 1 saturated heterocycles. The number of nitrogens with zero attached hydrogens (tertiary/aromatic N) is 1. The van der Waals surface area contributed by atoms with Crippen LogP contribution >= 0.6 is 35.0 Å². The minimum absolute atomic E-state index is 0.112. The maximum absolute atomic E-state index is 13.0. The molecule has 1 fully saturated rings. The number of imide groups is 1. The summed E-state index contributed by atoms with van der Waals surface area (Å²) in [5.41, 5.74) is 2.48. The number of benzene rings is 4. The highest BCUT2D eigenvalue weighted by atomic mass is 35.5. The highest BCUT2D eigenvalue weighted by molar-refractivity contribution is 8.18. The van der Waals surface area contributed by atoms with Crippen LogP contribution in [0.2, 0.25) is 10.0 Å². The monoisotopic (exact) mass is 549 g/mol. The number of rotatable bonds is 7. The maximum atomic E-state index is 13.0. The van der Waals surface area contributed by atoms with Crippen LogP contribution in [0.3, 0.4) is 0 Å². The number of carbonyl (C=O) groups excluding carboxylic acids is 2. The SMILES string of the molecule is COc1ccc(/C=C2\SC(=O)N(Cc3ccc(Cl)c(Cl)c3)C2=O)cc1OCc1cccc2ccccc12. The van der Waals surface area contributed by atoms with Crippen molar-refractivity contribution < 1.29 is 19.1 Å². The summed E-state index contributed by atoms with van der Waals surface area (Å²) < 4.78 is 11.6. The van der Waals surface area contributed by atoms with Gasteiger partial charge in [0.2, 0.25) is 0 Å². The zero-order valence-electron chi connectivity index (χ0n) is 19.7. The molecule has 0 N–H and O–H groups in total. The molecule has 5 nitrogen and oxygen atoms in total. The van der Waals surface area contributed by atoms with E-state index in [1.54, 1.807) is 43.5 Å². The number of ether oxygens (including phenoxy) is 2. The van der Waals surface area contributed by atoms with E-state index in [0.29, 0.717) is 44.2 Å². The van der Waals surface area contributed by atoms with Crippen LogP contribution in [-0.2, 0) is 17.9 Å². The van der Waals surface area contributed by atoms with Gasteiger partial charge < -0.3 is 9.47 Å². The summed E-state index contributed by atoms with van der Waals surface area (Å²) in [6, 6.07) is 24.7. The lowest BCUT2D eigenvalue weighted by Gasteiger charge is -2.13. The topological polar surface area (TPSA) is 55.8 Å². The third-order valence-corrected chi connectivity index (χ3v) is 7.59. The van der Waals surface area contributed by atoms with Gasteiger partial charge in [-0.3, -0.25) is 14.5 Å². The molecule has 0 aliphatic carbocycles. The van der Waals surface area contributed by atoms with E-state index in [2.05, 4.69) is 18.2 Å². The number of hydrogen-bond acceptors (Lipinski definition) is 5. The molecule has 0 bridgehead atoms. The molecular weight excluding hydrogens is 529 g/mol. The van der Waals surface area contributed by atoms with E-state index in [0.717, 1.165) is 28.1 Å². The Labute approximate surface area is 228 Å². The van der Waals surface area contributed by atoms with E-state index in [4.69, 9.17) is 32.7 Å². The zero-order valence-corrected chi connectivity index (χ0v) is 22.1. The third-order valence-electron chi connectivity index (χ3n) is 5.95. The van der Waals surface area contributed by atoms with E-state index in [1.807, 2.05) is 30.3 Å². The Bertz CT molecular complexity index is 1550. The Morgan fingerprint density at radius 1 is 0.892 bits per heavy atom. The molecule has 37 heavy (non-hydrogen) atoms. The summed E-state index contributed by atoms with van der Waals surface area (Å²) >= 11 is 13.0. The van der Waals surface area contributed by atoms with Gasteiger partial charge in [0, 0.05) is 0 Å². The zero-order chi connectivity index (χ0) is 25.9. The molecular formula is C29H21Cl2NO4S. The highest BCUT2D eigenvalue weighted by Crippen LogP contribution is 2.36. The van der Waals surface area contributed by atoms with Crippen molar-refractivity contribution in [2.24, 2.45) is 0 Å². The van der Waals surface area contributed by atoms with Gasteiger partial charge in [-0.15, -0.1) is 0 Å². The summed E-state index contributed by atoms with van der Waals surface area (Å²) in [4.78, 5) is 27.1. The second-order valence-corrected chi connectivity index (χ2v) is 10.2. The predicted molar refractivity (Wildman–Crippen MR) is 149 cm³/mol. The largest absolute Gasteiger partial charge is 0.493 e. The highest BCUT2D eigenvalue weighted by Gasteiger charge is 2.35. The average molecular weight is 550 g/mol. The summed E-state index contributed by atoms with van der Waals surface area (Å²) in [7, 11) is 1.58. The van der Waals surface area contributed by atoms with Crippen molar-refractivity contribution in [3.63, 3.8) is 0 Å². The smallest absolute Gasteiger partial charge is 0.293 e. The number of hydrogen-bond donors (Lipinski definition) is 0. The molecule has 186 valence electrons. The molecule has 1 heterocycles. The Hall–Kier alpha value is -3.45. The van der Waals surface area contributed by atoms with Crippen molar-refractivity contribution in [3.05, 3.63) is 111 Å². The van der Waals surface area contributed by atoms with Gasteiger partial charge in [-0.1, -0.05) is 77.8 Å². The lowest BCUT2D eigenvalue weighted by atomic mass is 10.1. The molecule has 4 aromatic rings. The van der Waals surface area contributed by atoms with Crippen LogP contribution in [0.5, 0.6) is 11.5 Å². The molecule has 4 aromatic carbocycles. The van der Waals surface area contributed by atoms with Crippen molar-refractivity contribution in [3.8, 4) is 11.5 Å². The lowest BCUT2D eigenvalue weighted by molar-refractivity contribution is -0.123. The van der Waals surface area contributed by atoms with Crippen LogP contribution < -0.4 is 9.47 Å². The molecule has 0 radical (unpaired) electrons. The van der Waals surface area contributed by atoms with Gasteiger partial charge in [0.05, 0.1) is 28.6 Å². The first-order chi connectivity index (χ1) is 17.9. The Balaban J connectivity index is 1.36. The van der Waals surface area contributed by atoms with Crippen molar-refractivity contribution in [2.75, 3.05) is 7.11 Å². The van der Waals surface area contributed by atoms with Gasteiger partial charge in [-0.2, -0.15) is 0 Å². The van der Waals surface area contributed by atoms with E-state index in [9.17, 15) is 9.59 Å². The number of fused-ring (bicyclic) bond motifs is 1. The van der Waals surface area contributed by atoms with Crippen molar-refractivity contribution >= 4 is 63.0 Å². The fraction of sp³-hybridized carbons (Fsp3) is 0.103.